The number of nitrogens with two attached hydrogens (primary N) is 1. The number of halogens is 1. The van der Waals surface area contributed by atoms with Crippen LogP contribution in [0, 0.1) is 6.92 Å². The quantitative estimate of drug-likeness (QED) is 0.494. The van der Waals surface area contributed by atoms with Crippen LogP contribution < -0.4 is 11.1 Å². The van der Waals surface area contributed by atoms with Crippen LogP contribution in [0.5, 0.6) is 0 Å². The van der Waals surface area contributed by atoms with Crippen molar-refractivity contribution >= 4 is 80.7 Å². The van der Waals surface area contributed by atoms with Gasteiger partial charge in [-0.1, -0.05) is 46.0 Å². The summed E-state index contributed by atoms with van der Waals surface area (Å²) in [4.78, 5) is 42.6. The molecule has 4 heterocycles. The molecule has 0 saturated carbocycles. The zero-order valence-electron chi connectivity index (χ0n) is 15.1. The zero-order valence-corrected chi connectivity index (χ0v) is 19.1. The second-order valence-corrected chi connectivity index (χ2v) is 11.4. The SMILES string of the molecule is Cc1nnc(SC2=C(C(=O)O)N3C(=O)[C@@H](NC(=O)Cc4nc(N)sc4Cl)[C@H]3SC2)s1. The summed E-state index contributed by atoms with van der Waals surface area (Å²) >= 11 is 11.0. The molecule has 2 aromatic rings. The van der Waals surface area contributed by atoms with E-state index in [9.17, 15) is 19.5 Å². The number of rotatable bonds is 6. The molecule has 4 N–H and O–H groups in total. The Kier molecular flexibility index (Phi) is 5.94. The maximum Gasteiger partial charge on any atom is 0.353 e. The summed E-state index contributed by atoms with van der Waals surface area (Å²) in [5, 5.41) is 20.8. The number of carbonyl (C=O) groups is 3. The highest BCUT2D eigenvalue weighted by Gasteiger charge is 2.54. The smallest absolute Gasteiger partial charge is 0.353 e. The third-order valence-electron chi connectivity index (χ3n) is 4.16. The number of hydrogen-bond donors (Lipinski definition) is 3. The summed E-state index contributed by atoms with van der Waals surface area (Å²) in [5.74, 6) is -1.74. The van der Waals surface area contributed by atoms with Gasteiger partial charge in [-0.3, -0.25) is 14.5 Å². The van der Waals surface area contributed by atoms with E-state index in [2.05, 4.69) is 20.5 Å². The topological polar surface area (TPSA) is 151 Å². The van der Waals surface area contributed by atoms with Crippen molar-refractivity contribution in [3.63, 3.8) is 0 Å². The first-order chi connectivity index (χ1) is 14.2. The van der Waals surface area contributed by atoms with Crippen LogP contribution in [-0.2, 0) is 20.8 Å². The summed E-state index contributed by atoms with van der Waals surface area (Å²) in [6.45, 7) is 1.80. The average Bonchev–Trinajstić information content (AvgIpc) is 3.23. The molecular weight excluding hydrogens is 492 g/mol. The second-order valence-electron chi connectivity index (χ2n) is 6.17. The van der Waals surface area contributed by atoms with Crippen molar-refractivity contribution in [1.29, 1.82) is 0 Å². The van der Waals surface area contributed by atoms with Crippen molar-refractivity contribution in [3.05, 3.63) is 25.6 Å². The van der Waals surface area contributed by atoms with Gasteiger partial charge in [-0.25, -0.2) is 9.78 Å². The largest absolute Gasteiger partial charge is 0.477 e. The van der Waals surface area contributed by atoms with Crippen LogP contribution in [0.15, 0.2) is 14.9 Å². The van der Waals surface area contributed by atoms with Gasteiger partial charge in [0.2, 0.25) is 5.91 Å². The van der Waals surface area contributed by atoms with Crippen molar-refractivity contribution in [2.45, 2.75) is 29.1 Å². The molecule has 0 unspecified atom stereocenters. The zero-order chi connectivity index (χ0) is 21.6. The molecule has 4 rings (SSSR count). The minimum atomic E-state index is -1.20. The predicted octanol–water partition coefficient (Wildman–Crippen LogP) is 1.57. The Morgan fingerprint density at radius 2 is 2.17 bits per heavy atom. The summed E-state index contributed by atoms with van der Waals surface area (Å²) in [6.07, 6.45) is -0.118. The number of nitrogen functional groups attached to an aromatic ring is 1. The molecule has 2 amide bonds. The van der Waals surface area contributed by atoms with E-state index in [-0.39, 0.29) is 17.2 Å². The van der Waals surface area contributed by atoms with E-state index in [1.807, 2.05) is 0 Å². The monoisotopic (exact) mass is 504 g/mol. The van der Waals surface area contributed by atoms with Gasteiger partial charge in [-0.2, -0.15) is 0 Å². The summed E-state index contributed by atoms with van der Waals surface area (Å²) < 4.78 is 0.929. The summed E-state index contributed by atoms with van der Waals surface area (Å²) in [5.41, 5.74) is 5.83. The minimum Gasteiger partial charge on any atom is -0.477 e. The van der Waals surface area contributed by atoms with Crippen LogP contribution in [0.4, 0.5) is 5.13 Å². The van der Waals surface area contributed by atoms with E-state index in [0.717, 1.165) is 16.3 Å². The van der Waals surface area contributed by atoms with Crippen LogP contribution in [-0.4, -0.2) is 60.1 Å². The van der Waals surface area contributed by atoms with Crippen molar-refractivity contribution in [1.82, 2.24) is 25.4 Å². The number of carboxylic acids is 1. The Bertz CT molecular complexity index is 1090. The number of amides is 2. The van der Waals surface area contributed by atoms with Gasteiger partial charge in [-0.05, 0) is 6.92 Å². The second kappa shape index (κ2) is 8.34. The number of fused-ring (bicyclic) bond motifs is 1. The Morgan fingerprint density at radius 1 is 1.40 bits per heavy atom. The first-order valence-corrected chi connectivity index (χ1v) is 12.2. The molecule has 15 heteroatoms. The van der Waals surface area contributed by atoms with Crippen molar-refractivity contribution < 1.29 is 19.5 Å². The molecule has 1 fully saturated rings. The van der Waals surface area contributed by atoms with Crippen LogP contribution in [0.2, 0.25) is 4.34 Å². The number of β-lactam (4-membered cyclic amide) rings is 1. The van der Waals surface area contributed by atoms with Crippen molar-refractivity contribution in [2.75, 3.05) is 11.5 Å². The summed E-state index contributed by atoms with van der Waals surface area (Å²) in [6, 6.07) is -0.818. The van der Waals surface area contributed by atoms with Gasteiger partial charge in [0, 0.05) is 10.7 Å². The van der Waals surface area contributed by atoms with Gasteiger partial charge >= 0.3 is 5.97 Å². The molecule has 2 aliphatic heterocycles. The van der Waals surface area contributed by atoms with Gasteiger partial charge in [0.15, 0.2) is 9.47 Å². The van der Waals surface area contributed by atoms with Gasteiger partial charge in [0.1, 0.15) is 26.5 Å². The maximum atomic E-state index is 12.7. The Labute approximate surface area is 191 Å². The molecule has 0 aromatic carbocycles. The number of anilines is 1. The van der Waals surface area contributed by atoms with E-state index in [1.165, 1.54) is 39.8 Å². The highest BCUT2D eigenvalue weighted by Crippen LogP contribution is 2.45. The molecule has 2 atom stereocenters. The molecule has 0 bridgehead atoms. The molecule has 1 saturated heterocycles. The molecular formula is C15H13ClN6O4S4. The lowest BCUT2D eigenvalue weighted by molar-refractivity contribution is -0.150. The molecule has 0 radical (unpaired) electrons. The highest BCUT2D eigenvalue weighted by atomic mass is 35.5. The lowest BCUT2D eigenvalue weighted by Gasteiger charge is -2.49. The van der Waals surface area contributed by atoms with Crippen LogP contribution >= 0.6 is 57.8 Å². The Hall–Kier alpha value is -1.87. The van der Waals surface area contributed by atoms with E-state index >= 15 is 0 Å². The third kappa shape index (κ3) is 4.01. The first-order valence-electron chi connectivity index (χ1n) is 8.33. The van der Waals surface area contributed by atoms with Gasteiger partial charge in [0.05, 0.1) is 12.1 Å². The van der Waals surface area contributed by atoms with Gasteiger partial charge in [-0.15, -0.1) is 22.0 Å². The number of hydrogen-bond acceptors (Lipinski definition) is 11. The lowest BCUT2D eigenvalue weighted by atomic mass is 10.0. The fourth-order valence-electron chi connectivity index (χ4n) is 2.93. The normalized spacial score (nSPS) is 20.7. The number of thiazole rings is 1. The lowest BCUT2D eigenvalue weighted by Crippen LogP contribution is -2.70. The molecule has 158 valence electrons. The number of aromatic nitrogens is 3. The third-order valence-corrected chi connectivity index (χ3v) is 8.77. The molecule has 0 aliphatic carbocycles. The average molecular weight is 505 g/mol. The van der Waals surface area contributed by atoms with E-state index in [0.29, 0.717) is 25.0 Å². The van der Waals surface area contributed by atoms with Crippen LogP contribution in [0.1, 0.15) is 10.7 Å². The highest BCUT2D eigenvalue weighted by molar-refractivity contribution is 8.07. The number of carboxylic acid groups (broad SMARTS) is 1. The molecule has 2 aliphatic rings. The fourth-order valence-corrected chi connectivity index (χ4v) is 7.31. The van der Waals surface area contributed by atoms with Crippen LogP contribution in [0.25, 0.3) is 0 Å². The fraction of sp³-hybridized carbons (Fsp3) is 0.333. The number of aliphatic carboxylic acids is 1. The molecule has 0 spiro atoms. The number of carbonyl (C=O) groups excluding carboxylic acids is 2. The van der Waals surface area contributed by atoms with Crippen LogP contribution in [0.3, 0.4) is 0 Å². The van der Waals surface area contributed by atoms with Gasteiger partial charge < -0.3 is 16.2 Å². The van der Waals surface area contributed by atoms with Crippen molar-refractivity contribution in [3.8, 4) is 0 Å². The maximum absolute atomic E-state index is 12.7. The Morgan fingerprint density at radius 3 is 2.77 bits per heavy atom. The summed E-state index contributed by atoms with van der Waals surface area (Å²) in [7, 11) is 0. The minimum absolute atomic E-state index is 0.0811. The Balaban J connectivity index is 1.47. The number of nitrogens with zero attached hydrogens (tertiary/aromatic N) is 4. The first kappa shape index (κ1) is 21.4. The number of thioether (sulfide) groups is 2. The van der Waals surface area contributed by atoms with E-state index < -0.39 is 29.2 Å². The van der Waals surface area contributed by atoms with Gasteiger partial charge in [0.25, 0.3) is 5.91 Å². The number of nitrogens with one attached hydrogen (secondary N) is 1. The molecule has 30 heavy (non-hydrogen) atoms. The predicted molar refractivity (Wildman–Crippen MR) is 115 cm³/mol. The standard InChI is InChI=1S/C15H13ClN6O4S4/c1-4-20-21-15(28-4)29-6-3-27-12-8(11(24)22(12)9(6)13(25)26)19-7(23)2-5-10(16)30-14(17)18-5/h8,12H,2-3H2,1H3,(H2,17,18)(H,19,23)(H,25,26)/t8-,12-/m1/s1. The molecule has 10 nitrogen and oxygen atoms in total. The molecule has 2 aromatic heterocycles. The van der Waals surface area contributed by atoms with Crippen molar-refractivity contribution in [2.24, 2.45) is 0 Å². The van der Waals surface area contributed by atoms with E-state index in [4.69, 9.17) is 17.3 Å². The van der Waals surface area contributed by atoms with E-state index in [1.54, 1.807) is 6.92 Å². The number of aryl methyl sites for hydroxylation is 1.